The molecule has 4 rings (SSSR count). The van der Waals surface area contributed by atoms with Crippen LogP contribution < -0.4 is 20.1 Å². The van der Waals surface area contributed by atoms with Gasteiger partial charge in [-0.05, 0) is 73.2 Å². The second-order valence-corrected chi connectivity index (χ2v) is 9.17. The molecule has 1 aliphatic rings. The average Bonchev–Trinajstić information content (AvgIpc) is 2.85. The molecule has 1 aromatic heterocycles. The molecule has 1 N–H and O–H groups in total. The molecule has 34 heavy (non-hydrogen) atoms. The summed E-state index contributed by atoms with van der Waals surface area (Å²) in [7, 11) is 4.10. The Morgan fingerprint density at radius 2 is 2.03 bits per heavy atom. The third-order valence-electron chi connectivity index (χ3n) is 6.18. The second kappa shape index (κ2) is 11.6. The Labute approximate surface area is 201 Å². The number of nitrogens with one attached hydrogen (secondary N) is 1. The van der Waals surface area contributed by atoms with Gasteiger partial charge in [0.1, 0.15) is 30.0 Å². The van der Waals surface area contributed by atoms with E-state index in [4.69, 9.17) is 9.47 Å². The molecule has 1 aliphatic heterocycles. The third kappa shape index (κ3) is 6.26. The summed E-state index contributed by atoms with van der Waals surface area (Å²) in [5, 5.41) is 8.64. The number of benzene rings is 2. The number of nitroso groups, excluding NO2 is 1. The van der Waals surface area contributed by atoms with Crippen LogP contribution in [0.5, 0.6) is 11.5 Å². The maximum absolute atomic E-state index is 13.5. The summed E-state index contributed by atoms with van der Waals surface area (Å²) in [6.45, 7) is 3.52. The number of pyridine rings is 1. The molecule has 3 aromatic rings. The van der Waals surface area contributed by atoms with Crippen molar-refractivity contribution in [3.8, 4) is 11.5 Å². The van der Waals surface area contributed by atoms with Crippen molar-refractivity contribution in [1.29, 1.82) is 0 Å². The molecule has 2 unspecified atom stereocenters. The predicted octanol–water partition coefficient (Wildman–Crippen LogP) is 3.82. The number of hydrogen-bond acceptors (Lipinski definition) is 7. The first-order chi connectivity index (χ1) is 16.6. The molecule has 1 fully saturated rings. The highest BCUT2D eigenvalue weighted by Gasteiger charge is 2.24. The van der Waals surface area contributed by atoms with Crippen LogP contribution in [0.3, 0.4) is 0 Å². The van der Waals surface area contributed by atoms with Crippen LogP contribution in [-0.4, -0.2) is 55.8 Å². The van der Waals surface area contributed by atoms with E-state index in [9.17, 15) is 9.30 Å². The normalized spacial score (nSPS) is 15.9. The number of hydrogen-bond donors (Lipinski definition) is 1. The molecule has 9 heteroatoms. The van der Waals surface area contributed by atoms with Gasteiger partial charge in [0.25, 0.3) is 0 Å². The fourth-order valence-corrected chi connectivity index (χ4v) is 4.74. The van der Waals surface area contributed by atoms with Gasteiger partial charge in [-0.15, -0.1) is 9.24 Å². The van der Waals surface area contributed by atoms with Crippen LogP contribution in [0.15, 0.2) is 53.8 Å². The molecule has 0 bridgehead atoms. The van der Waals surface area contributed by atoms with Crippen molar-refractivity contribution in [2.45, 2.75) is 24.9 Å². The molecule has 0 amide bonds. The molecule has 0 radical (unpaired) electrons. The molecule has 0 spiro atoms. The van der Waals surface area contributed by atoms with Crippen molar-refractivity contribution in [3.63, 3.8) is 0 Å². The van der Waals surface area contributed by atoms with Gasteiger partial charge in [0.05, 0.1) is 12.6 Å². The maximum Gasteiger partial charge on any atom is 0.130 e. The Bertz CT molecular complexity index is 1100. The van der Waals surface area contributed by atoms with Gasteiger partial charge in [0, 0.05) is 36.8 Å². The average molecular weight is 485 g/mol. The van der Waals surface area contributed by atoms with E-state index >= 15 is 0 Å². The summed E-state index contributed by atoms with van der Waals surface area (Å²) in [5.41, 5.74) is 1.70. The molecule has 180 valence electrons. The van der Waals surface area contributed by atoms with Gasteiger partial charge in [-0.3, -0.25) is 4.98 Å². The molecular weight excluding hydrogens is 454 g/mol. The number of aromatic nitrogens is 1. The van der Waals surface area contributed by atoms with Gasteiger partial charge in [0.15, 0.2) is 0 Å². The smallest absolute Gasteiger partial charge is 0.130 e. The summed E-state index contributed by atoms with van der Waals surface area (Å²) >= 11 is 0. The standard InChI is InChI=1S/C25H30FN4O3P/c1-32-19-2-3-24-23(15-19)22(4-7-28-24)25(29-31)16-30-9-5-18(6-10-30)27-8-11-33-20-12-17(26)13-21(34)14-20/h2-4,7,12-15,18,25,27H,5-6,8-11,16,34H2,1H3. The highest BCUT2D eigenvalue weighted by Crippen LogP contribution is 2.29. The van der Waals surface area contributed by atoms with Crippen molar-refractivity contribution < 1.29 is 13.9 Å². The van der Waals surface area contributed by atoms with Gasteiger partial charge < -0.3 is 19.7 Å². The van der Waals surface area contributed by atoms with Crippen LogP contribution in [0.4, 0.5) is 4.39 Å². The number of piperidine rings is 1. The SMILES string of the molecule is COc1ccc2nccc(C(CN3CCC(NCCOc4cc(F)cc(P)c4)CC3)N=O)c2c1. The highest BCUT2D eigenvalue weighted by molar-refractivity contribution is 7.27. The summed E-state index contributed by atoms with van der Waals surface area (Å²) in [5.74, 6) is 0.966. The summed E-state index contributed by atoms with van der Waals surface area (Å²) in [6.07, 6.45) is 3.68. The molecule has 7 nitrogen and oxygen atoms in total. The monoisotopic (exact) mass is 484 g/mol. The van der Waals surface area contributed by atoms with Crippen molar-refractivity contribution in [1.82, 2.24) is 15.2 Å². The van der Waals surface area contributed by atoms with Crippen LogP contribution in [0.1, 0.15) is 24.4 Å². The number of halogens is 1. The van der Waals surface area contributed by atoms with E-state index in [0.29, 0.717) is 31.5 Å². The first-order valence-electron chi connectivity index (χ1n) is 11.5. The third-order valence-corrected chi connectivity index (χ3v) is 6.52. The number of methoxy groups -OCH3 is 1. The number of rotatable bonds is 10. The Hall–Kier alpha value is -2.67. The van der Waals surface area contributed by atoms with Gasteiger partial charge in [0.2, 0.25) is 0 Å². The number of likely N-dealkylation sites (tertiary alicyclic amines) is 1. The van der Waals surface area contributed by atoms with E-state index < -0.39 is 6.04 Å². The summed E-state index contributed by atoms with van der Waals surface area (Å²) in [6, 6.07) is 12.1. The molecular formula is C25H30FN4O3P. The summed E-state index contributed by atoms with van der Waals surface area (Å²) < 4.78 is 24.5. The Balaban J connectivity index is 1.26. The van der Waals surface area contributed by atoms with Crippen molar-refractivity contribution in [2.75, 3.05) is 39.9 Å². The zero-order chi connectivity index (χ0) is 23.9. The predicted molar refractivity (Wildman–Crippen MR) is 136 cm³/mol. The van der Waals surface area contributed by atoms with Crippen molar-refractivity contribution in [2.24, 2.45) is 5.18 Å². The zero-order valence-corrected chi connectivity index (χ0v) is 20.4. The fourth-order valence-electron chi connectivity index (χ4n) is 4.42. The number of ether oxygens (including phenoxy) is 2. The van der Waals surface area contributed by atoms with E-state index in [1.807, 2.05) is 24.3 Å². The Morgan fingerprint density at radius 3 is 2.76 bits per heavy atom. The van der Waals surface area contributed by atoms with E-state index in [2.05, 4.69) is 29.6 Å². The fraction of sp³-hybridized carbons (Fsp3) is 0.400. The minimum atomic E-state index is -0.469. The zero-order valence-electron chi connectivity index (χ0n) is 19.2. The van der Waals surface area contributed by atoms with Crippen LogP contribution in [-0.2, 0) is 0 Å². The topological polar surface area (TPSA) is 76.1 Å². The molecule has 0 saturated carbocycles. The van der Waals surface area contributed by atoms with Crippen LogP contribution in [0, 0.1) is 10.7 Å². The largest absolute Gasteiger partial charge is 0.497 e. The van der Waals surface area contributed by atoms with Gasteiger partial charge in [-0.2, -0.15) is 4.91 Å². The molecule has 1 saturated heterocycles. The van der Waals surface area contributed by atoms with Gasteiger partial charge in [-0.1, -0.05) is 5.18 Å². The number of fused-ring (bicyclic) bond motifs is 1. The van der Waals surface area contributed by atoms with E-state index in [1.165, 1.54) is 12.1 Å². The molecule has 2 aromatic carbocycles. The van der Waals surface area contributed by atoms with E-state index in [1.54, 1.807) is 19.4 Å². The lowest BCUT2D eigenvalue weighted by molar-refractivity contribution is 0.184. The van der Waals surface area contributed by atoms with E-state index in [0.717, 1.165) is 53.5 Å². The van der Waals surface area contributed by atoms with Crippen molar-refractivity contribution >= 4 is 25.4 Å². The lowest BCUT2D eigenvalue weighted by Gasteiger charge is -2.33. The lowest BCUT2D eigenvalue weighted by atomic mass is 10.00. The Kier molecular flexibility index (Phi) is 8.38. The van der Waals surface area contributed by atoms with Gasteiger partial charge in [-0.25, -0.2) is 4.39 Å². The molecule has 2 atom stereocenters. The van der Waals surface area contributed by atoms with E-state index in [-0.39, 0.29) is 5.82 Å². The first kappa shape index (κ1) is 24.5. The lowest BCUT2D eigenvalue weighted by Crippen LogP contribution is -2.44. The second-order valence-electron chi connectivity index (χ2n) is 8.50. The number of nitrogens with zero attached hydrogens (tertiary/aromatic N) is 3. The van der Waals surface area contributed by atoms with Crippen LogP contribution in [0.2, 0.25) is 0 Å². The van der Waals surface area contributed by atoms with Crippen molar-refractivity contribution in [3.05, 3.63) is 64.9 Å². The minimum absolute atomic E-state index is 0.301. The van der Waals surface area contributed by atoms with Crippen LogP contribution >= 0.6 is 9.24 Å². The molecule has 0 aliphatic carbocycles. The highest BCUT2D eigenvalue weighted by atomic mass is 31.0. The maximum atomic E-state index is 13.5. The van der Waals surface area contributed by atoms with Crippen LogP contribution in [0.25, 0.3) is 10.9 Å². The van der Waals surface area contributed by atoms with Gasteiger partial charge >= 0.3 is 0 Å². The summed E-state index contributed by atoms with van der Waals surface area (Å²) in [4.78, 5) is 18.5. The molecule has 2 heterocycles. The first-order valence-corrected chi connectivity index (χ1v) is 12.0. The quantitative estimate of drug-likeness (QED) is 0.268. The Morgan fingerprint density at radius 1 is 1.21 bits per heavy atom. The minimum Gasteiger partial charge on any atom is -0.497 e.